The Hall–Kier alpha value is -1.57. The SMILES string of the molecule is CCc1cccc(NC(N)=NCCCc2c(C)nn(C)c2C)c1.I. The number of aliphatic imine (C=N–C) groups is 1. The molecule has 0 unspecified atom stereocenters. The number of hydrogen-bond acceptors (Lipinski definition) is 2. The molecule has 0 aliphatic heterocycles. The topological polar surface area (TPSA) is 68.2 Å². The lowest BCUT2D eigenvalue weighted by molar-refractivity contribution is 0.728. The van der Waals surface area contributed by atoms with Gasteiger partial charge in [0.25, 0.3) is 0 Å². The first-order valence-corrected chi connectivity index (χ1v) is 8.16. The minimum absolute atomic E-state index is 0. The number of aryl methyl sites for hydroxylation is 3. The molecule has 1 aromatic heterocycles. The number of nitrogens with two attached hydrogens (primary N) is 1. The highest BCUT2D eigenvalue weighted by molar-refractivity contribution is 14.0. The molecule has 2 aromatic rings. The number of benzene rings is 1. The lowest BCUT2D eigenvalue weighted by atomic mass is 10.1. The zero-order valence-corrected chi connectivity index (χ0v) is 17.3. The van der Waals surface area contributed by atoms with E-state index in [4.69, 9.17) is 5.73 Å². The average molecular weight is 441 g/mol. The van der Waals surface area contributed by atoms with Crippen molar-refractivity contribution in [2.24, 2.45) is 17.8 Å². The average Bonchev–Trinajstić information content (AvgIpc) is 2.77. The van der Waals surface area contributed by atoms with Crippen molar-refractivity contribution in [3.8, 4) is 0 Å². The molecule has 3 N–H and O–H groups in total. The highest BCUT2D eigenvalue weighted by atomic mass is 127. The number of aromatic nitrogens is 2. The van der Waals surface area contributed by atoms with Crippen LogP contribution in [0.25, 0.3) is 0 Å². The fourth-order valence-electron chi connectivity index (χ4n) is 2.69. The van der Waals surface area contributed by atoms with Gasteiger partial charge in [0, 0.05) is 25.0 Å². The van der Waals surface area contributed by atoms with Crippen molar-refractivity contribution >= 4 is 35.6 Å². The molecule has 2 rings (SSSR count). The van der Waals surface area contributed by atoms with E-state index in [2.05, 4.69) is 48.3 Å². The minimum Gasteiger partial charge on any atom is -0.370 e. The Morgan fingerprint density at radius 3 is 2.71 bits per heavy atom. The van der Waals surface area contributed by atoms with E-state index in [1.807, 2.05) is 23.9 Å². The zero-order chi connectivity index (χ0) is 16.8. The molecular weight excluding hydrogens is 413 g/mol. The number of nitrogens with one attached hydrogen (secondary N) is 1. The molecule has 5 nitrogen and oxygen atoms in total. The Labute approximate surface area is 161 Å². The molecule has 0 aliphatic carbocycles. The van der Waals surface area contributed by atoms with Crippen LogP contribution in [0.4, 0.5) is 5.69 Å². The van der Waals surface area contributed by atoms with Gasteiger partial charge in [-0.3, -0.25) is 9.67 Å². The second kappa shape index (κ2) is 9.66. The summed E-state index contributed by atoms with van der Waals surface area (Å²) in [5, 5.41) is 7.59. The first-order chi connectivity index (χ1) is 11.0. The predicted octanol–water partition coefficient (Wildman–Crippen LogP) is 3.58. The van der Waals surface area contributed by atoms with E-state index < -0.39 is 0 Å². The largest absolute Gasteiger partial charge is 0.370 e. The first-order valence-electron chi connectivity index (χ1n) is 8.16. The molecule has 6 heteroatoms. The van der Waals surface area contributed by atoms with Gasteiger partial charge in [-0.2, -0.15) is 5.10 Å². The van der Waals surface area contributed by atoms with Crippen molar-refractivity contribution in [2.75, 3.05) is 11.9 Å². The van der Waals surface area contributed by atoms with Gasteiger partial charge in [0.05, 0.1) is 5.69 Å². The molecule has 0 atom stereocenters. The molecule has 1 aromatic carbocycles. The summed E-state index contributed by atoms with van der Waals surface area (Å²) in [5.74, 6) is 0.470. The molecule has 1 heterocycles. The van der Waals surface area contributed by atoms with Crippen LogP contribution in [-0.2, 0) is 19.9 Å². The van der Waals surface area contributed by atoms with Crippen LogP contribution in [-0.4, -0.2) is 22.3 Å². The molecule has 0 aliphatic rings. The van der Waals surface area contributed by atoms with E-state index in [-0.39, 0.29) is 24.0 Å². The van der Waals surface area contributed by atoms with Crippen LogP contribution in [0.5, 0.6) is 0 Å². The van der Waals surface area contributed by atoms with Crippen LogP contribution in [0, 0.1) is 13.8 Å². The molecule has 0 radical (unpaired) electrons. The van der Waals surface area contributed by atoms with Gasteiger partial charge < -0.3 is 11.1 Å². The van der Waals surface area contributed by atoms with Crippen LogP contribution in [0.2, 0.25) is 0 Å². The van der Waals surface area contributed by atoms with Crippen molar-refractivity contribution in [2.45, 2.75) is 40.0 Å². The summed E-state index contributed by atoms with van der Waals surface area (Å²) in [4.78, 5) is 4.41. The predicted molar refractivity (Wildman–Crippen MR) is 112 cm³/mol. The Morgan fingerprint density at radius 2 is 2.08 bits per heavy atom. The fourth-order valence-corrected chi connectivity index (χ4v) is 2.69. The van der Waals surface area contributed by atoms with Crippen LogP contribution in [0.15, 0.2) is 29.3 Å². The highest BCUT2D eigenvalue weighted by Gasteiger charge is 2.08. The summed E-state index contributed by atoms with van der Waals surface area (Å²) in [5.41, 5.74) is 11.9. The molecular formula is C18H28IN5. The Bertz CT molecular complexity index is 691. The van der Waals surface area contributed by atoms with E-state index in [9.17, 15) is 0 Å². The maximum atomic E-state index is 5.96. The van der Waals surface area contributed by atoms with Crippen LogP contribution in [0.3, 0.4) is 0 Å². The fraction of sp³-hybridized carbons (Fsp3) is 0.444. The summed E-state index contributed by atoms with van der Waals surface area (Å²) in [6.07, 6.45) is 2.95. The molecule has 0 fully saturated rings. The van der Waals surface area contributed by atoms with Crippen molar-refractivity contribution in [3.63, 3.8) is 0 Å². The molecule has 0 amide bonds. The Morgan fingerprint density at radius 1 is 1.33 bits per heavy atom. The van der Waals surface area contributed by atoms with Crippen molar-refractivity contribution in [3.05, 3.63) is 46.8 Å². The van der Waals surface area contributed by atoms with E-state index in [0.29, 0.717) is 12.5 Å². The normalized spacial score (nSPS) is 11.2. The van der Waals surface area contributed by atoms with Gasteiger partial charge in [-0.15, -0.1) is 24.0 Å². The maximum absolute atomic E-state index is 5.96. The van der Waals surface area contributed by atoms with Crippen LogP contribution < -0.4 is 11.1 Å². The van der Waals surface area contributed by atoms with Gasteiger partial charge >= 0.3 is 0 Å². The monoisotopic (exact) mass is 441 g/mol. The van der Waals surface area contributed by atoms with Crippen molar-refractivity contribution in [1.29, 1.82) is 0 Å². The second-order valence-electron chi connectivity index (χ2n) is 5.82. The number of halogens is 1. The molecule has 0 spiro atoms. The molecule has 132 valence electrons. The third-order valence-electron chi connectivity index (χ3n) is 4.13. The number of guanidine groups is 1. The summed E-state index contributed by atoms with van der Waals surface area (Å²) in [6.45, 7) is 7.01. The molecule has 0 bridgehead atoms. The highest BCUT2D eigenvalue weighted by Crippen LogP contribution is 2.14. The minimum atomic E-state index is 0. The molecule has 24 heavy (non-hydrogen) atoms. The van der Waals surface area contributed by atoms with E-state index in [0.717, 1.165) is 30.6 Å². The van der Waals surface area contributed by atoms with E-state index in [1.165, 1.54) is 16.8 Å². The summed E-state index contributed by atoms with van der Waals surface area (Å²) in [6, 6.07) is 8.24. The number of nitrogens with zero attached hydrogens (tertiary/aromatic N) is 3. The van der Waals surface area contributed by atoms with Gasteiger partial charge in [-0.25, -0.2) is 0 Å². The molecule has 0 saturated carbocycles. The zero-order valence-electron chi connectivity index (χ0n) is 15.0. The third kappa shape index (κ3) is 5.51. The van der Waals surface area contributed by atoms with Gasteiger partial charge in [-0.1, -0.05) is 19.1 Å². The lowest BCUT2D eigenvalue weighted by Gasteiger charge is -2.07. The summed E-state index contributed by atoms with van der Waals surface area (Å²) < 4.78 is 1.94. The van der Waals surface area contributed by atoms with Crippen molar-refractivity contribution in [1.82, 2.24) is 9.78 Å². The maximum Gasteiger partial charge on any atom is 0.193 e. The quantitative estimate of drug-likeness (QED) is 0.312. The summed E-state index contributed by atoms with van der Waals surface area (Å²) >= 11 is 0. The number of hydrogen-bond donors (Lipinski definition) is 2. The van der Waals surface area contributed by atoms with E-state index >= 15 is 0 Å². The first kappa shape index (κ1) is 20.5. The summed E-state index contributed by atoms with van der Waals surface area (Å²) in [7, 11) is 1.98. The smallest absolute Gasteiger partial charge is 0.193 e. The molecule has 0 saturated heterocycles. The van der Waals surface area contributed by atoms with Gasteiger partial charge in [0.1, 0.15) is 0 Å². The lowest BCUT2D eigenvalue weighted by Crippen LogP contribution is -2.23. The van der Waals surface area contributed by atoms with Gasteiger partial charge in [0.2, 0.25) is 0 Å². The number of anilines is 1. The Kier molecular flexibility index (Phi) is 8.24. The second-order valence-corrected chi connectivity index (χ2v) is 5.82. The van der Waals surface area contributed by atoms with Gasteiger partial charge in [-0.05, 0) is 56.4 Å². The Balaban J connectivity index is 0.00000288. The van der Waals surface area contributed by atoms with Gasteiger partial charge in [0.15, 0.2) is 5.96 Å². The standard InChI is InChI=1S/C18H27N5.HI/c1-5-15-8-6-9-16(12-15)21-18(19)20-11-7-10-17-13(2)22-23(4)14(17)3;/h6,8-9,12H,5,7,10-11H2,1-4H3,(H3,19,20,21);1H. The number of rotatable bonds is 6. The van der Waals surface area contributed by atoms with E-state index in [1.54, 1.807) is 0 Å². The van der Waals surface area contributed by atoms with Crippen LogP contribution in [0.1, 0.15) is 35.9 Å². The van der Waals surface area contributed by atoms with Crippen LogP contribution >= 0.6 is 24.0 Å². The third-order valence-corrected chi connectivity index (χ3v) is 4.13. The van der Waals surface area contributed by atoms with Crippen molar-refractivity contribution < 1.29 is 0 Å².